The molecule has 5 nitrogen and oxygen atoms in total. The Balaban J connectivity index is 2.48. The lowest BCUT2D eigenvalue weighted by Crippen LogP contribution is -2.52. The van der Waals surface area contributed by atoms with Crippen molar-refractivity contribution in [3.05, 3.63) is 0 Å². The van der Waals surface area contributed by atoms with E-state index in [4.69, 9.17) is 0 Å². The van der Waals surface area contributed by atoms with Crippen LogP contribution in [0.25, 0.3) is 0 Å². The summed E-state index contributed by atoms with van der Waals surface area (Å²) in [5, 5.41) is 0. The van der Waals surface area contributed by atoms with Gasteiger partial charge in [0, 0.05) is 0 Å². The zero-order valence-corrected chi connectivity index (χ0v) is 6.14. The Hall–Kier alpha value is -0.620. The Morgan fingerprint density at radius 3 is 2.40 bits per heavy atom. The third-order valence-corrected chi connectivity index (χ3v) is 1.75. The maximum absolute atomic E-state index is 10.5. The van der Waals surface area contributed by atoms with E-state index in [1.165, 1.54) is 0 Å². The van der Waals surface area contributed by atoms with Crippen LogP contribution in [-0.4, -0.2) is 33.3 Å². The van der Waals surface area contributed by atoms with Crippen molar-refractivity contribution >= 4 is 16.0 Å². The quantitative estimate of drug-likeness (QED) is 0.503. The van der Waals surface area contributed by atoms with E-state index < -0.39 is 22.0 Å². The molecule has 1 N–H and O–H groups in total. The van der Waals surface area contributed by atoms with Gasteiger partial charge in [0.05, 0.1) is 6.26 Å². The molecule has 1 heterocycles. The maximum Gasteiger partial charge on any atom is 0.327 e. The Bertz CT molecular complexity index is 244. The number of hydrogen-bond acceptors (Lipinski definition) is 4. The fourth-order valence-electron chi connectivity index (χ4n) is 0.575. The number of esters is 1. The monoisotopic (exact) mass is 165 g/mol. The van der Waals surface area contributed by atoms with Gasteiger partial charge in [0.25, 0.3) is 0 Å². The third kappa shape index (κ3) is 1.68. The maximum atomic E-state index is 10.5. The first-order chi connectivity index (χ1) is 4.49. The van der Waals surface area contributed by atoms with E-state index in [-0.39, 0.29) is 6.61 Å². The third-order valence-electron chi connectivity index (χ3n) is 1.03. The molecule has 0 saturated carbocycles. The fourth-order valence-corrected chi connectivity index (χ4v) is 1.26. The van der Waals surface area contributed by atoms with E-state index in [2.05, 4.69) is 9.46 Å². The van der Waals surface area contributed by atoms with Gasteiger partial charge in [-0.15, -0.1) is 0 Å². The van der Waals surface area contributed by atoms with Gasteiger partial charge >= 0.3 is 5.97 Å². The lowest BCUT2D eigenvalue weighted by atomic mass is 10.3. The second kappa shape index (κ2) is 2.21. The van der Waals surface area contributed by atoms with Crippen molar-refractivity contribution < 1.29 is 17.9 Å². The first-order valence-electron chi connectivity index (χ1n) is 2.63. The summed E-state index contributed by atoms with van der Waals surface area (Å²) >= 11 is 0. The van der Waals surface area contributed by atoms with Crippen LogP contribution in [-0.2, 0) is 19.6 Å². The van der Waals surface area contributed by atoms with E-state index in [9.17, 15) is 13.2 Å². The fraction of sp³-hybridized carbons (Fsp3) is 0.750. The Labute approximate surface area is 58.4 Å². The molecule has 1 atom stereocenters. The van der Waals surface area contributed by atoms with Crippen LogP contribution in [0.5, 0.6) is 0 Å². The smallest absolute Gasteiger partial charge is 0.327 e. The molecule has 1 aliphatic heterocycles. The minimum Gasteiger partial charge on any atom is -0.462 e. The molecule has 0 radical (unpaired) electrons. The summed E-state index contributed by atoms with van der Waals surface area (Å²) in [6.07, 6.45) is 0.999. The van der Waals surface area contributed by atoms with Gasteiger partial charge in [-0.05, 0) is 0 Å². The largest absolute Gasteiger partial charge is 0.462 e. The second-order valence-electron chi connectivity index (χ2n) is 2.07. The minimum absolute atomic E-state index is 0.145. The van der Waals surface area contributed by atoms with Crippen molar-refractivity contribution in [2.75, 3.05) is 12.9 Å². The summed E-state index contributed by atoms with van der Waals surface area (Å²) in [4.78, 5) is 10.4. The van der Waals surface area contributed by atoms with E-state index in [1.807, 2.05) is 0 Å². The molecule has 0 aliphatic carbocycles. The molecular formula is C4H7NO4S. The van der Waals surface area contributed by atoms with E-state index in [0.29, 0.717) is 0 Å². The highest BCUT2D eigenvalue weighted by Gasteiger charge is 2.32. The molecule has 0 amide bonds. The summed E-state index contributed by atoms with van der Waals surface area (Å²) < 4.78 is 27.3. The SMILES string of the molecule is CS(=O)(=O)N[C@H]1COC1=O. The van der Waals surface area contributed by atoms with Gasteiger partial charge in [0.2, 0.25) is 10.0 Å². The average molecular weight is 165 g/mol. The molecule has 6 heteroatoms. The number of carbonyl (C=O) groups is 1. The van der Waals surface area contributed by atoms with Crippen molar-refractivity contribution in [1.29, 1.82) is 0 Å². The van der Waals surface area contributed by atoms with Crippen LogP contribution in [0.2, 0.25) is 0 Å². The molecule has 0 aromatic rings. The van der Waals surface area contributed by atoms with E-state index in [1.54, 1.807) is 0 Å². The van der Waals surface area contributed by atoms with Gasteiger partial charge in [0.15, 0.2) is 6.04 Å². The number of hydrogen-bond donors (Lipinski definition) is 1. The van der Waals surface area contributed by atoms with Crippen LogP contribution < -0.4 is 4.72 Å². The minimum atomic E-state index is -3.27. The summed E-state index contributed by atoms with van der Waals surface area (Å²) in [6.45, 7) is 0.145. The topological polar surface area (TPSA) is 72.5 Å². The zero-order valence-electron chi connectivity index (χ0n) is 5.33. The van der Waals surface area contributed by atoms with Gasteiger partial charge in [-0.25, -0.2) is 8.42 Å². The Morgan fingerprint density at radius 2 is 2.30 bits per heavy atom. The number of carbonyl (C=O) groups excluding carboxylic acids is 1. The standard InChI is InChI=1S/C4H7NO4S/c1-10(7,8)5-3-2-9-4(3)6/h3,5H,2H2,1H3/t3-/m0/s1. The molecule has 1 fully saturated rings. The molecule has 1 rings (SSSR count). The van der Waals surface area contributed by atoms with Crippen LogP contribution in [0.1, 0.15) is 0 Å². The molecule has 0 bridgehead atoms. The zero-order chi connectivity index (χ0) is 7.78. The first-order valence-corrected chi connectivity index (χ1v) is 4.52. The molecule has 0 spiro atoms. The van der Waals surface area contributed by atoms with Crippen LogP contribution in [0, 0.1) is 0 Å². The molecule has 0 aromatic heterocycles. The summed E-state index contributed by atoms with van der Waals surface area (Å²) in [6, 6.07) is -0.657. The van der Waals surface area contributed by atoms with Gasteiger partial charge in [-0.1, -0.05) is 0 Å². The van der Waals surface area contributed by atoms with Gasteiger partial charge < -0.3 is 4.74 Å². The summed E-state index contributed by atoms with van der Waals surface area (Å²) in [5.74, 6) is -0.509. The highest BCUT2D eigenvalue weighted by atomic mass is 32.2. The van der Waals surface area contributed by atoms with Crippen molar-refractivity contribution in [3.8, 4) is 0 Å². The molecular weight excluding hydrogens is 158 g/mol. The van der Waals surface area contributed by atoms with Gasteiger partial charge in [-0.2, -0.15) is 4.72 Å². The lowest BCUT2D eigenvalue weighted by molar-refractivity contribution is -0.161. The number of cyclic esters (lactones) is 1. The van der Waals surface area contributed by atoms with Crippen LogP contribution >= 0.6 is 0 Å². The second-order valence-corrected chi connectivity index (χ2v) is 3.85. The predicted octanol–water partition coefficient (Wildman–Crippen LogP) is -1.54. The number of ether oxygens (including phenoxy) is 1. The van der Waals surface area contributed by atoms with Crippen LogP contribution in [0.4, 0.5) is 0 Å². The molecule has 0 unspecified atom stereocenters. The molecule has 58 valence electrons. The number of nitrogens with one attached hydrogen (secondary N) is 1. The van der Waals surface area contributed by atoms with Crippen LogP contribution in [0.15, 0.2) is 0 Å². The number of sulfonamides is 1. The van der Waals surface area contributed by atoms with E-state index in [0.717, 1.165) is 6.26 Å². The van der Waals surface area contributed by atoms with Crippen LogP contribution in [0.3, 0.4) is 0 Å². The average Bonchev–Trinajstić information content (AvgIpc) is 1.78. The first kappa shape index (κ1) is 7.49. The Morgan fingerprint density at radius 1 is 1.70 bits per heavy atom. The predicted molar refractivity (Wildman–Crippen MR) is 32.7 cm³/mol. The number of rotatable bonds is 2. The highest BCUT2D eigenvalue weighted by Crippen LogP contribution is 2.02. The molecule has 0 aromatic carbocycles. The van der Waals surface area contributed by atoms with Gasteiger partial charge in [0.1, 0.15) is 6.61 Å². The van der Waals surface area contributed by atoms with Crippen molar-refractivity contribution in [2.45, 2.75) is 6.04 Å². The van der Waals surface area contributed by atoms with Crippen molar-refractivity contribution in [2.24, 2.45) is 0 Å². The molecule has 1 saturated heterocycles. The molecule has 10 heavy (non-hydrogen) atoms. The van der Waals surface area contributed by atoms with Crippen molar-refractivity contribution in [3.63, 3.8) is 0 Å². The molecule has 1 aliphatic rings. The summed E-state index contributed by atoms with van der Waals surface area (Å²) in [7, 11) is -3.27. The summed E-state index contributed by atoms with van der Waals surface area (Å²) in [5.41, 5.74) is 0. The highest BCUT2D eigenvalue weighted by molar-refractivity contribution is 7.88. The van der Waals surface area contributed by atoms with E-state index >= 15 is 0 Å². The lowest BCUT2D eigenvalue weighted by Gasteiger charge is -2.23. The Kier molecular flexibility index (Phi) is 1.65. The normalized spacial score (nSPS) is 25.3. The van der Waals surface area contributed by atoms with Crippen molar-refractivity contribution in [1.82, 2.24) is 4.72 Å². The van der Waals surface area contributed by atoms with Gasteiger partial charge in [-0.3, -0.25) is 4.79 Å².